The Kier molecular flexibility index (Phi) is 7.24. The Labute approximate surface area is 167 Å². The average molecular weight is 398 g/mol. The molecule has 0 fully saturated rings. The monoisotopic (exact) mass is 398 g/mol. The highest BCUT2D eigenvalue weighted by Gasteiger charge is 2.12. The van der Waals surface area contributed by atoms with E-state index >= 15 is 0 Å². The number of aliphatic carboxylic acids is 1. The SMILES string of the molecule is Cc1ccc(NC(=O)CNC(=O)c2cccc(N=C(N)N)c2)c(CCC(=O)O)n1. The summed E-state index contributed by atoms with van der Waals surface area (Å²) in [4.78, 5) is 43.4. The van der Waals surface area contributed by atoms with Crippen LogP contribution in [-0.2, 0) is 16.0 Å². The number of guanidine groups is 1. The van der Waals surface area contributed by atoms with Crippen LogP contribution in [0.5, 0.6) is 0 Å². The molecule has 2 aromatic rings. The molecule has 0 spiro atoms. The summed E-state index contributed by atoms with van der Waals surface area (Å²) in [5, 5.41) is 14.0. The first kappa shape index (κ1) is 21.4. The molecule has 2 rings (SSSR count). The second-order valence-corrected chi connectivity index (χ2v) is 6.16. The minimum absolute atomic E-state index is 0.109. The van der Waals surface area contributed by atoms with Crippen LogP contribution in [0, 0.1) is 6.92 Å². The number of carbonyl (C=O) groups is 3. The third-order valence-electron chi connectivity index (χ3n) is 3.74. The van der Waals surface area contributed by atoms with Gasteiger partial charge in [-0.3, -0.25) is 19.4 Å². The van der Waals surface area contributed by atoms with Gasteiger partial charge in [0.25, 0.3) is 5.91 Å². The quantitative estimate of drug-likeness (QED) is 0.321. The number of rotatable bonds is 8. The number of anilines is 1. The van der Waals surface area contributed by atoms with E-state index in [9.17, 15) is 14.4 Å². The second kappa shape index (κ2) is 9.83. The molecule has 0 unspecified atom stereocenters. The lowest BCUT2D eigenvalue weighted by Gasteiger charge is -2.11. The van der Waals surface area contributed by atoms with E-state index in [1.165, 1.54) is 6.07 Å². The van der Waals surface area contributed by atoms with Gasteiger partial charge in [0.15, 0.2) is 5.96 Å². The molecule has 29 heavy (non-hydrogen) atoms. The summed E-state index contributed by atoms with van der Waals surface area (Å²) in [5.74, 6) is -2.03. The maximum Gasteiger partial charge on any atom is 0.303 e. The van der Waals surface area contributed by atoms with Crippen molar-refractivity contribution in [2.45, 2.75) is 19.8 Å². The summed E-state index contributed by atoms with van der Waals surface area (Å²) in [6, 6.07) is 9.65. The summed E-state index contributed by atoms with van der Waals surface area (Å²) >= 11 is 0. The number of carboxylic acid groups (broad SMARTS) is 1. The summed E-state index contributed by atoms with van der Waals surface area (Å²) in [7, 11) is 0. The van der Waals surface area contributed by atoms with Crippen molar-refractivity contribution in [3.05, 3.63) is 53.3 Å². The molecule has 0 saturated heterocycles. The van der Waals surface area contributed by atoms with Gasteiger partial charge in [0, 0.05) is 17.7 Å². The zero-order valence-corrected chi connectivity index (χ0v) is 15.8. The van der Waals surface area contributed by atoms with Gasteiger partial charge in [-0.1, -0.05) is 6.07 Å². The summed E-state index contributed by atoms with van der Waals surface area (Å²) in [6.07, 6.45) is 0.0682. The van der Waals surface area contributed by atoms with Gasteiger partial charge in [-0.25, -0.2) is 4.99 Å². The average Bonchev–Trinajstić information content (AvgIpc) is 2.66. The van der Waals surface area contributed by atoms with Gasteiger partial charge in [-0.15, -0.1) is 0 Å². The van der Waals surface area contributed by atoms with Crippen LogP contribution in [-0.4, -0.2) is 40.4 Å². The highest BCUT2D eigenvalue weighted by atomic mass is 16.4. The van der Waals surface area contributed by atoms with Gasteiger partial charge in [0.05, 0.1) is 30.0 Å². The predicted molar refractivity (Wildman–Crippen MR) is 108 cm³/mol. The van der Waals surface area contributed by atoms with E-state index in [-0.39, 0.29) is 25.3 Å². The first-order chi connectivity index (χ1) is 13.7. The number of amides is 2. The van der Waals surface area contributed by atoms with Crippen LogP contribution in [0.15, 0.2) is 41.4 Å². The summed E-state index contributed by atoms with van der Waals surface area (Å²) in [5.41, 5.74) is 12.9. The normalized spacial score (nSPS) is 10.1. The molecular formula is C19H22N6O4. The number of carbonyl (C=O) groups excluding carboxylic acids is 2. The number of nitrogens with two attached hydrogens (primary N) is 2. The Morgan fingerprint density at radius 2 is 1.93 bits per heavy atom. The number of benzene rings is 1. The van der Waals surface area contributed by atoms with Gasteiger partial charge in [-0.2, -0.15) is 0 Å². The number of nitrogens with zero attached hydrogens (tertiary/aromatic N) is 2. The van der Waals surface area contributed by atoms with Gasteiger partial charge < -0.3 is 27.2 Å². The van der Waals surface area contributed by atoms with Crippen molar-refractivity contribution < 1.29 is 19.5 Å². The van der Waals surface area contributed by atoms with Crippen molar-refractivity contribution in [3.8, 4) is 0 Å². The minimum atomic E-state index is -0.958. The van der Waals surface area contributed by atoms with E-state index < -0.39 is 17.8 Å². The number of carboxylic acids is 1. The van der Waals surface area contributed by atoms with E-state index in [1.54, 1.807) is 37.3 Å². The molecule has 10 heteroatoms. The Balaban J connectivity index is 1.99. The Hall–Kier alpha value is -3.95. The highest BCUT2D eigenvalue weighted by Crippen LogP contribution is 2.16. The van der Waals surface area contributed by atoms with Crippen LogP contribution < -0.4 is 22.1 Å². The number of hydrogen-bond acceptors (Lipinski definition) is 5. The molecule has 152 valence electrons. The van der Waals surface area contributed by atoms with E-state index in [1.807, 2.05) is 0 Å². The Bertz CT molecular complexity index is 953. The smallest absolute Gasteiger partial charge is 0.303 e. The van der Waals surface area contributed by atoms with Crippen LogP contribution in [0.3, 0.4) is 0 Å². The number of pyridine rings is 1. The van der Waals surface area contributed by atoms with E-state index in [2.05, 4.69) is 20.6 Å². The second-order valence-electron chi connectivity index (χ2n) is 6.16. The summed E-state index contributed by atoms with van der Waals surface area (Å²) in [6.45, 7) is 1.49. The lowest BCUT2D eigenvalue weighted by Crippen LogP contribution is -2.33. The Morgan fingerprint density at radius 1 is 1.17 bits per heavy atom. The van der Waals surface area contributed by atoms with E-state index in [0.29, 0.717) is 28.3 Å². The molecule has 0 saturated carbocycles. The van der Waals surface area contributed by atoms with E-state index in [0.717, 1.165) is 0 Å². The number of aromatic nitrogens is 1. The molecule has 0 radical (unpaired) electrons. The van der Waals surface area contributed by atoms with Gasteiger partial charge in [0.2, 0.25) is 5.91 Å². The summed E-state index contributed by atoms with van der Waals surface area (Å²) < 4.78 is 0. The van der Waals surface area contributed by atoms with Crippen molar-refractivity contribution in [2.24, 2.45) is 16.5 Å². The predicted octanol–water partition coefficient (Wildman–Crippen LogP) is 0.681. The van der Waals surface area contributed by atoms with Crippen LogP contribution in [0.4, 0.5) is 11.4 Å². The van der Waals surface area contributed by atoms with Gasteiger partial charge >= 0.3 is 5.97 Å². The first-order valence-corrected chi connectivity index (χ1v) is 8.70. The van der Waals surface area contributed by atoms with Crippen LogP contribution >= 0.6 is 0 Å². The third kappa shape index (κ3) is 6.94. The van der Waals surface area contributed by atoms with Crippen LogP contribution in [0.1, 0.15) is 28.2 Å². The lowest BCUT2D eigenvalue weighted by atomic mass is 10.1. The molecular weight excluding hydrogens is 376 g/mol. The van der Waals surface area contributed by atoms with Crippen molar-refractivity contribution in [1.82, 2.24) is 10.3 Å². The fourth-order valence-corrected chi connectivity index (χ4v) is 2.46. The third-order valence-corrected chi connectivity index (χ3v) is 3.74. The topological polar surface area (TPSA) is 173 Å². The number of aryl methyl sites for hydroxylation is 2. The minimum Gasteiger partial charge on any atom is -0.481 e. The van der Waals surface area contributed by atoms with Gasteiger partial charge in [0.1, 0.15) is 0 Å². The lowest BCUT2D eigenvalue weighted by molar-refractivity contribution is -0.137. The molecule has 0 aliphatic carbocycles. The molecule has 2 amide bonds. The van der Waals surface area contributed by atoms with E-state index in [4.69, 9.17) is 16.6 Å². The standard InChI is InChI=1S/C19H22N6O4/c1-11-5-6-15(14(23-11)7-8-17(27)28)25-16(26)10-22-18(29)12-3-2-4-13(9-12)24-19(20)21/h2-6,9H,7-8,10H2,1H3,(H,22,29)(H,25,26)(H,27,28)(H4,20,21,24). The van der Waals surface area contributed by atoms with Crippen molar-refractivity contribution >= 4 is 35.1 Å². The molecule has 1 aromatic carbocycles. The number of nitrogens with one attached hydrogen (secondary N) is 2. The molecule has 0 aliphatic rings. The molecule has 0 atom stereocenters. The molecule has 0 aliphatic heterocycles. The van der Waals surface area contributed by atoms with Crippen LogP contribution in [0.25, 0.3) is 0 Å². The Morgan fingerprint density at radius 3 is 2.62 bits per heavy atom. The maximum atomic E-state index is 12.2. The highest BCUT2D eigenvalue weighted by molar-refractivity contribution is 6.00. The zero-order chi connectivity index (χ0) is 21.4. The van der Waals surface area contributed by atoms with Crippen molar-refractivity contribution in [2.75, 3.05) is 11.9 Å². The van der Waals surface area contributed by atoms with Crippen molar-refractivity contribution in [1.29, 1.82) is 0 Å². The molecule has 0 bridgehead atoms. The maximum absolute atomic E-state index is 12.2. The molecule has 1 heterocycles. The first-order valence-electron chi connectivity index (χ1n) is 8.70. The number of aliphatic imine (C=N–C) groups is 1. The fraction of sp³-hybridized carbons (Fsp3) is 0.211. The van der Waals surface area contributed by atoms with Gasteiger partial charge in [-0.05, 0) is 37.3 Å². The molecule has 10 nitrogen and oxygen atoms in total. The fourth-order valence-electron chi connectivity index (χ4n) is 2.46. The molecule has 7 N–H and O–H groups in total. The van der Waals surface area contributed by atoms with Crippen molar-refractivity contribution in [3.63, 3.8) is 0 Å². The molecule has 1 aromatic heterocycles. The zero-order valence-electron chi connectivity index (χ0n) is 15.8. The number of hydrogen-bond donors (Lipinski definition) is 5. The van der Waals surface area contributed by atoms with Crippen LogP contribution in [0.2, 0.25) is 0 Å². The largest absolute Gasteiger partial charge is 0.481 e.